The Morgan fingerprint density at radius 3 is 1.36 bits per heavy atom. The van der Waals surface area contributed by atoms with Gasteiger partial charge in [-0.05, 0) is 19.3 Å². The number of carbonyl (C=O) groups is 1. The lowest BCUT2D eigenvalue weighted by atomic mass is 9.89. The molecule has 0 amide bonds. The van der Waals surface area contributed by atoms with Crippen LogP contribution in [0.1, 0.15) is 175 Å². The number of rotatable bonds is 35. The van der Waals surface area contributed by atoms with E-state index in [1.54, 1.807) is 0 Å². The molecule has 0 aliphatic carbocycles. The van der Waals surface area contributed by atoms with Crippen molar-refractivity contribution < 1.29 is 74.1 Å². The fraction of sp³-hybridized carbons (Fsp3) is 0.977. The lowest BCUT2D eigenvalue weighted by Gasteiger charge is -2.56. The van der Waals surface area contributed by atoms with Crippen molar-refractivity contribution in [3.05, 3.63) is 0 Å². The van der Waals surface area contributed by atoms with Crippen molar-refractivity contribution in [1.29, 1.82) is 0 Å². The fourth-order valence-corrected chi connectivity index (χ4v) is 7.74. The minimum atomic E-state index is -3.08. The molecular formula is C43H82O15. The van der Waals surface area contributed by atoms with E-state index >= 15 is 0 Å². The topological polar surface area (TPSA) is 234 Å². The van der Waals surface area contributed by atoms with Crippen LogP contribution in [0.3, 0.4) is 0 Å². The minimum absolute atomic E-state index is 0.103. The lowest BCUT2D eigenvalue weighted by molar-refractivity contribution is -0.550. The molecule has 2 aliphatic heterocycles. The molecule has 0 spiro atoms. The van der Waals surface area contributed by atoms with Crippen LogP contribution in [0.25, 0.3) is 0 Å². The summed E-state index contributed by atoms with van der Waals surface area (Å²) in [5.74, 6) is -9.51. The molecule has 2 aliphatic rings. The van der Waals surface area contributed by atoms with Crippen molar-refractivity contribution in [1.82, 2.24) is 0 Å². The number of hydrogen-bond donors (Lipinski definition) is 8. The molecule has 0 aromatic rings. The Morgan fingerprint density at radius 2 is 0.948 bits per heavy atom. The molecule has 0 aromatic carbocycles. The van der Waals surface area contributed by atoms with Gasteiger partial charge in [0.1, 0.15) is 49.3 Å². The fourth-order valence-electron chi connectivity index (χ4n) is 7.74. The van der Waals surface area contributed by atoms with Crippen LogP contribution in [0.15, 0.2) is 0 Å². The summed E-state index contributed by atoms with van der Waals surface area (Å²) < 4.78 is 37.1. The van der Waals surface area contributed by atoms with Gasteiger partial charge >= 0.3 is 11.9 Å². The Bertz CT molecular complexity index is 1030. The van der Waals surface area contributed by atoms with Crippen LogP contribution in [0.5, 0.6) is 0 Å². The van der Waals surface area contributed by atoms with Crippen LogP contribution in [0.2, 0.25) is 0 Å². The monoisotopic (exact) mass is 839 g/mol. The molecule has 0 saturated carbocycles. The van der Waals surface area contributed by atoms with Gasteiger partial charge in [-0.3, -0.25) is 4.79 Å². The molecule has 0 radical (unpaired) electrons. The van der Waals surface area contributed by atoms with Crippen molar-refractivity contribution in [3.63, 3.8) is 0 Å². The van der Waals surface area contributed by atoms with E-state index in [1.807, 2.05) is 0 Å². The second kappa shape index (κ2) is 29.3. The molecule has 2 fully saturated rings. The summed E-state index contributed by atoms with van der Waals surface area (Å²) in [6.45, 7) is 3.20. The van der Waals surface area contributed by atoms with Gasteiger partial charge in [-0.25, -0.2) is 0 Å². The Labute approximate surface area is 347 Å². The quantitative estimate of drug-likeness (QED) is 0.0247. The van der Waals surface area contributed by atoms with Crippen LogP contribution in [-0.4, -0.2) is 140 Å². The first-order valence-electron chi connectivity index (χ1n) is 22.8. The van der Waals surface area contributed by atoms with E-state index in [4.69, 9.17) is 28.4 Å². The largest absolute Gasteiger partial charge is 0.403 e. The number of ether oxygens (including phenoxy) is 6. The first-order chi connectivity index (χ1) is 28.0. The highest BCUT2D eigenvalue weighted by molar-refractivity contribution is 5.69. The van der Waals surface area contributed by atoms with Gasteiger partial charge in [0.2, 0.25) is 5.79 Å². The maximum absolute atomic E-state index is 14.0. The zero-order valence-corrected chi connectivity index (χ0v) is 36.0. The average molecular weight is 839 g/mol. The van der Waals surface area contributed by atoms with Gasteiger partial charge in [0.15, 0.2) is 0 Å². The van der Waals surface area contributed by atoms with Crippen molar-refractivity contribution >= 4 is 5.97 Å². The van der Waals surface area contributed by atoms with E-state index in [9.17, 15) is 45.6 Å². The summed E-state index contributed by atoms with van der Waals surface area (Å²) in [5, 5.41) is 87.6. The molecule has 2 rings (SSSR count). The highest BCUT2D eigenvalue weighted by Crippen LogP contribution is 2.48. The molecule has 9 atom stereocenters. The van der Waals surface area contributed by atoms with E-state index in [-0.39, 0.29) is 19.6 Å². The smallest absolute Gasteiger partial charge is 0.390 e. The van der Waals surface area contributed by atoms with Crippen molar-refractivity contribution in [2.24, 2.45) is 0 Å². The average Bonchev–Trinajstić information content (AvgIpc) is 3.46. The normalized spacial score (nSPS) is 29.0. The van der Waals surface area contributed by atoms with Gasteiger partial charge in [0.25, 0.3) is 5.79 Å². The van der Waals surface area contributed by atoms with E-state index in [1.165, 1.54) is 0 Å². The third-order valence-corrected chi connectivity index (χ3v) is 11.4. The molecular weight excluding hydrogens is 756 g/mol. The lowest BCUT2D eigenvalue weighted by Crippen LogP contribution is -2.79. The van der Waals surface area contributed by atoms with E-state index in [0.717, 1.165) is 128 Å². The van der Waals surface area contributed by atoms with Crippen molar-refractivity contribution in [2.45, 2.75) is 235 Å². The molecule has 344 valence electrons. The Balaban J connectivity index is 2.61. The van der Waals surface area contributed by atoms with Crippen LogP contribution in [0.4, 0.5) is 0 Å². The number of hydrogen-bond acceptors (Lipinski definition) is 15. The number of unbranched alkanes of at least 4 members (excludes halogenated alkanes) is 20. The summed E-state index contributed by atoms with van der Waals surface area (Å²) >= 11 is 0. The summed E-state index contributed by atoms with van der Waals surface area (Å²) in [6.07, 6.45) is 7.88. The van der Waals surface area contributed by atoms with Crippen LogP contribution in [-0.2, 0) is 33.2 Å². The molecule has 15 heteroatoms. The molecule has 2 heterocycles. The van der Waals surface area contributed by atoms with Crippen LogP contribution in [0, 0.1) is 0 Å². The molecule has 0 aromatic heterocycles. The number of aliphatic hydroxyl groups excluding tert-OH is 8. The highest BCUT2D eigenvalue weighted by atomic mass is 16.9. The highest BCUT2D eigenvalue weighted by Gasteiger charge is 2.74. The molecule has 1 unspecified atom stereocenters. The maximum Gasteiger partial charge on any atom is 0.390 e. The van der Waals surface area contributed by atoms with Crippen LogP contribution >= 0.6 is 0 Å². The van der Waals surface area contributed by atoms with Crippen LogP contribution < -0.4 is 0 Å². The minimum Gasteiger partial charge on any atom is -0.403 e. The molecule has 8 N–H and O–H groups in total. The number of aliphatic hydroxyl groups is 8. The third-order valence-electron chi connectivity index (χ3n) is 11.4. The molecule has 15 nitrogen and oxygen atoms in total. The van der Waals surface area contributed by atoms with Gasteiger partial charge in [-0.2, -0.15) is 0 Å². The van der Waals surface area contributed by atoms with E-state index in [0.29, 0.717) is 19.3 Å². The second-order valence-electron chi connectivity index (χ2n) is 16.3. The second-order valence-corrected chi connectivity index (χ2v) is 16.3. The summed E-state index contributed by atoms with van der Waals surface area (Å²) in [7, 11) is 0. The first kappa shape index (κ1) is 53.1. The SMILES string of the molecule is CCCCCCCCCCOC(OCCCCCCCCCC)(OC(=O)CCCCCCCCC)[C@@]1(OC2(CO)O[C@H](CO)[C@@H](O)[C@@H]2O)O[C@H](CO)[C@@H](O)[C@H](O)[C@H]1O. The number of carbonyl (C=O) groups excluding carboxylic acids is 1. The van der Waals surface area contributed by atoms with Gasteiger partial charge in [-0.1, -0.05) is 149 Å². The van der Waals surface area contributed by atoms with Crippen molar-refractivity contribution in [2.75, 3.05) is 33.0 Å². The Kier molecular flexibility index (Phi) is 26.8. The molecule has 0 bridgehead atoms. The van der Waals surface area contributed by atoms with Gasteiger partial charge < -0.3 is 69.3 Å². The van der Waals surface area contributed by atoms with Gasteiger partial charge in [-0.15, -0.1) is 0 Å². The zero-order valence-electron chi connectivity index (χ0n) is 36.0. The van der Waals surface area contributed by atoms with E-state index < -0.39 is 86.1 Å². The third kappa shape index (κ3) is 15.7. The summed E-state index contributed by atoms with van der Waals surface area (Å²) in [5.41, 5.74) is 0. The standard InChI is InChI=1S/C43H82O15/c1-4-7-10-13-16-19-22-25-28-53-43(54-29-26-23-20-17-14-11-8-5-2,57-35(47)27-24-21-18-15-12-9-6-3)42(40(52)38(50)36(48)33(30-44)56-42)58-41(32-46)39(51)37(49)34(31-45)55-41/h33-34,36-40,44-46,48-52H,4-32H2,1-3H3/t33-,34-,36-,37-,38+,39+,40-,41?,42-/m1/s1. The zero-order chi connectivity index (χ0) is 42.9. The Hall–Kier alpha value is -1.05. The maximum atomic E-state index is 14.0. The summed E-state index contributed by atoms with van der Waals surface area (Å²) in [4.78, 5) is 14.0. The van der Waals surface area contributed by atoms with Gasteiger partial charge in [0, 0.05) is 6.42 Å². The van der Waals surface area contributed by atoms with E-state index in [2.05, 4.69) is 20.8 Å². The summed E-state index contributed by atoms with van der Waals surface area (Å²) in [6, 6.07) is 0. The first-order valence-corrected chi connectivity index (χ1v) is 22.8. The molecule has 2 saturated heterocycles. The Morgan fingerprint density at radius 1 is 0.534 bits per heavy atom. The number of esters is 1. The predicted octanol–water partition coefficient (Wildman–Crippen LogP) is 4.63. The van der Waals surface area contributed by atoms with Gasteiger partial charge in [0.05, 0.1) is 26.4 Å². The van der Waals surface area contributed by atoms with Crippen molar-refractivity contribution in [3.8, 4) is 0 Å². The predicted molar refractivity (Wildman–Crippen MR) is 216 cm³/mol. The molecule has 58 heavy (non-hydrogen) atoms.